The molecular formula is C20H24N4O2. The fourth-order valence-corrected chi connectivity index (χ4v) is 2.97. The van der Waals surface area contributed by atoms with Crippen LogP contribution in [-0.2, 0) is 13.7 Å². The van der Waals surface area contributed by atoms with Crippen molar-refractivity contribution in [2.45, 2.75) is 40.2 Å². The average Bonchev–Trinajstić information content (AvgIpc) is 2.94. The Morgan fingerprint density at radius 3 is 2.54 bits per heavy atom. The van der Waals surface area contributed by atoms with Gasteiger partial charge in [0.05, 0.1) is 5.69 Å². The minimum Gasteiger partial charge on any atom is -0.489 e. The van der Waals surface area contributed by atoms with E-state index in [4.69, 9.17) is 4.74 Å². The highest BCUT2D eigenvalue weighted by molar-refractivity contribution is 5.47. The van der Waals surface area contributed by atoms with Gasteiger partial charge in [0.2, 0.25) is 0 Å². The van der Waals surface area contributed by atoms with E-state index in [1.54, 1.807) is 7.05 Å². The summed E-state index contributed by atoms with van der Waals surface area (Å²) in [6.07, 6.45) is 0. The topological polar surface area (TPSA) is 61.9 Å². The zero-order valence-corrected chi connectivity index (χ0v) is 15.9. The molecule has 0 radical (unpaired) electrons. The largest absolute Gasteiger partial charge is 0.489 e. The summed E-state index contributed by atoms with van der Waals surface area (Å²) in [5.74, 6) is 1.14. The van der Waals surface area contributed by atoms with Crippen molar-refractivity contribution in [3.63, 3.8) is 0 Å². The summed E-state index contributed by atoms with van der Waals surface area (Å²) in [5.41, 5.74) is 4.74. The van der Waals surface area contributed by atoms with Crippen LogP contribution in [0.1, 0.15) is 42.0 Å². The predicted octanol–water partition coefficient (Wildman–Crippen LogP) is 3.29. The van der Waals surface area contributed by atoms with E-state index in [0.717, 1.165) is 28.0 Å². The fraction of sp³-hybridized carbons (Fsp3) is 0.350. The zero-order chi connectivity index (χ0) is 18.8. The van der Waals surface area contributed by atoms with E-state index in [9.17, 15) is 4.79 Å². The van der Waals surface area contributed by atoms with Crippen LogP contribution in [0.2, 0.25) is 0 Å². The normalized spacial score (nSPS) is 11.2. The SMILES string of the molecule is Cc1ccc(C)c(OCc2c(C(C)C)cccc2-n2nnn(C)c2=O)c1. The number of nitrogens with zero attached hydrogens (tertiary/aromatic N) is 4. The standard InChI is InChI=1S/C20H24N4O2/c1-13(2)16-7-6-8-18(24-20(25)23(5)21-22-24)17(16)12-26-19-11-14(3)9-10-15(19)4/h6-11,13H,12H2,1-5H3. The molecule has 3 aromatic rings. The molecule has 0 aliphatic heterocycles. The second kappa shape index (κ2) is 7.15. The van der Waals surface area contributed by atoms with Gasteiger partial charge in [0.25, 0.3) is 0 Å². The summed E-state index contributed by atoms with van der Waals surface area (Å²) in [6, 6.07) is 12.0. The molecule has 26 heavy (non-hydrogen) atoms. The molecule has 2 aromatic carbocycles. The number of aromatic nitrogens is 4. The summed E-state index contributed by atoms with van der Waals surface area (Å²) in [6.45, 7) is 8.67. The Hall–Kier alpha value is -2.89. The summed E-state index contributed by atoms with van der Waals surface area (Å²) in [7, 11) is 1.59. The number of hydrogen-bond donors (Lipinski definition) is 0. The van der Waals surface area contributed by atoms with Gasteiger partial charge in [-0.25, -0.2) is 4.79 Å². The highest BCUT2D eigenvalue weighted by Gasteiger charge is 2.17. The number of benzene rings is 2. The molecule has 3 rings (SSSR count). The Morgan fingerprint density at radius 1 is 1.12 bits per heavy atom. The van der Waals surface area contributed by atoms with Crippen molar-refractivity contribution >= 4 is 0 Å². The molecule has 136 valence electrons. The lowest BCUT2D eigenvalue weighted by Gasteiger charge is -2.18. The minimum absolute atomic E-state index is 0.279. The van der Waals surface area contributed by atoms with Gasteiger partial charge in [-0.15, -0.1) is 0 Å². The smallest absolute Gasteiger partial charge is 0.368 e. The van der Waals surface area contributed by atoms with Gasteiger partial charge in [-0.05, 0) is 59.0 Å². The average molecular weight is 352 g/mol. The monoisotopic (exact) mass is 352 g/mol. The van der Waals surface area contributed by atoms with E-state index in [2.05, 4.69) is 36.4 Å². The lowest BCUT2D eigenvalue weighted by Crippen LogP contribution is -2.23. The van der Waals surface area contributed by atoms with Crippen LogP contribution >= 0.6 is 0 Å². The van der Waals surface area contributed by atoms with E-state index in [1.165, 1.54) is 9.36 Å². The maximum atomic E-state index is 12.3. The first kappa shape index (κ1) is 17.9. The molecule has 0 bridgehead atoms. The third-order valence-electron chi connectivity index (χ3n) is 4.48. The molecule has 0 atom stereocenters. The van der Waals surface area contributed by atoms with Crippen molar-refractivity contribution in [3.05, 3.63) is 69.1 Å². The lowest BCUT2D eigenvalue weighted by atomic mass is 9.96. The molecule has 0 aliphatic rings. The van der Waals surface area contributed by atoms with E-state index in [-0.39, 0.29) is 5.69 Å². The van der Waals surface area contributed by atoms with Gasteiger partial charge >= 0.3 is 5.69 Å². The summed E-state index contributed by atoms with van der Waals surface area (Å²) >= 11 is 0. The molecule has 0 saturated heterocycles. The highest BCUT2D eigenvalue weighted by Crippen LogP contribution is 2.27. The zero-order valence-electron chi connectivity index (χ0n) is 15.9. The van der Waals surface area contributed by atoms with E-state index in [1.807, 2.05) is 38.1 Å². The van der Waals surface area contributed by atoms with E-state index in [0.29, 0.717) is 18.2 Å². The molecule has 1 aromatic heterocycles. The Balaban J connectivity index is 2.05. The van der Waals surface area contributed by atoms with Crippen LogP contribution in [-0.4, -0.2) is 19.8 Å². The number of rotatable bonds is 5. The first-order valence-corrected chi connectivity index (χ1v) is 8.69. The first-order valence-electron chi connectivity index (χ1n) is 8.69. The summed E-state index contributed by atoms with van der Waals surface area (Å²) < 4.78 is 8.68. The fourth-order valence-electron chi connectivity index (χ4n) is 2.97. The second-order valence-electron chi connectivity index (χ2n) is 6.85. The van der Waals surface area contributed by atoms with Crippen LogP contribution in [0.15, 0.2) is 41.2 Å². The van der Waals surface area contributed by atoms with E-state index < -0.39 is 0 Å². The van der Waals surface area contributed by atoms with Crippen molar-refractivity contribution < 1.29 is 4.74 Å². The van der Waals surface area contributed by atoms with Gasteiger partial charge in [0.15, 0.2) is 0 Å². The Morgan fingerprint density at radius 2 is 1.88 bits per heavy atom. The van der Waals surface area contributed by atoms with Gasteiger partial charge in [0.1, 0.15) is 12.4 Å². The quantitative estimate of drug-likeness (QED) is 0.707. The molecule has 6 nitrogen and oxygen atoms in total. The van der Waals surface area contributed by atoms with Crippen molar-refractivity contribution in [1.29, 1.82) is 0 Å². The molecule has 0 amide bonds. The van der Waals surface area contributed by atoms with Crippen LogP contribution in [0.4, 0.5) is 0 Å². The van der Waals surface area contributed by atoms with Gasteiger partial charge in [-0.3, -0.25) is 0 Å². The molecule has 6 heteroatoms. The van der Waals surface area contributed by atoms with Crippen LogP contribution in [0, 0.1) is 13.8 Å². The van der Waals surface area contributed by atoms with Crippen molar-refractivity contribution in [2.75, 3.05) is 0 Å². The molecule has 1 heterocycles. The van der Waals surface area contributed by atoms with Gasteiger partial charge < -0.3 is 4.74 Å². The van der Waals surface area contributed by atoms with Crippen molar-refractivity contribution in [2.24, 2.45) is 7.05 Å². The molecule has 0 saturated carbocycles. The first-order chi connectivity index (χ1) is 12.4. The summed E-state index contributed by atoms with van der Waals surface area (Å²) in [5, 5.41) is 7.82. The minimum atomic E-state index is -0.279. The highest BCUT2D eigenvalue weighted by atomic mass is 16.5. The number of hydrogen-bond acceptors (Lipinski definition) is 4. The maximum Gasteiger partial charge on any atom is 0.368 e. The third-order valence-corrected chi connectivity index (χ3v) is 4.48. The lowest BCUT2D eigenvalue weighted by molar-refractivity contribution is 0.301. The molecule has 0 N–H and O–H groups in total. The maximum absolute atomic E-state index is 12.3. The van der Waals surface area contributed by atoms with Crippen LogP contribution in [0.5, 0.6) is 5.75 Å². The van der Waals surface area contributed by atoms with Gasteiger partial charge in [0, 0.05) is 12.6 Å². The molecule has 0 fully saturated rings. The van der Waals surface area contributed by atoms with Crippen molar-refractivity contribution in [3.8, 4) is 11.4 Å². The van der Waals surface area contributed by atoms with Gasteiger partial charge in [-0.2, -0.15) is 9.36 Å². The Kier molecular flexibility index (Phi) is 4.93. The predicted molar refractivity (Wildman–Crippen MR) is 101 cm³/mol. The second-order valence-corrected chi connectivity index (χ2v) is 6.85. The number of tetrazole rings is 1. The Bertz CT molecular complexity index is 986. The number of ether oxygens (including phenoxy) is 1. The molecular weight excluding hydrogens is 328 g/mol. The molecule has 0 spiro atoms. The number of aryl methyl sites for hydroxylation is 3. The van der Waals surface area contributed by atoms with Crippen LogP contribution in [0.3, 0.4) is 0 Å². The summed E-state index contributed by atoms with van der Waals surface area (Å²) in [4.78, 5) is 12.3. The van der Waals surface area contributed by atoms with Crippen molar-refractivity contribution in [1.82, 2.24) is 19.8 Å². The third kappa shape index (κ3) is 3.40. The van der Waals surface area contributed by atoms with Crippen LogP contribution in [0.25, 0.3) is 5.69 Å². The molecule has 0 unspecified atom stereocenters. The molecule has 0 aliphatic carbocycles. The Labute approximate surface area is 153 Å². The van der Waals surface area contributed by atoms with E-state index >= 15 is 0 Å². The van der Waals surface area contributed by atoms with Crippen LogP contribution < -0.4 is 10.4 Å². The van der Waals surface area contributed by atoms with Gasteiger partial charge in [-0.1, -0.05) is 38.1 Å².